The van der Waals surface area contributed by atoms with Gasteiger partial charge in [0.25, 0.3) is 0 Å². The van der Waals surface area contributed by atoms with Crippen LogP contribution in [0, 0.1) is 0 Å². The number of methoxy groups -OCH3 is 3. The number of ether oxygens (including phenoxy) is 4. The number of esters is 1. The number of rotatable bonds is 8. The molecule has 0 saturated heterocycles. The van der Waals surface area contributed by atoms with E-state index in [2.05, 4.69) is 10.3 Å². The highest BCUT2D eigenvalue weighted by atomic mass is 16.5. The number of hydrogen-bond acceptors (Lipinski definition) is 9. The lowest BCUT2D eigenvalue weighted by molar-refractivity contribution is 0.0297. The van der Waals surface area contributed by atoms with E-state index in [0.717, 1.165) is 5.57 Å². The van der Waals surface area contributed by atoms with E-state index >= 15 is 0 Å². The van der Waals surface area contributed by atoms with E-state index in [1.807, 2.05) is 19.9 Å². The molecule has 0 radical (unpaired) electrons. The van der Waals surface area contributed by atoms with Gasteiger partial charge < -0.3 is 29.4 Å². The number of nitrogens with zero attached hydrogens (tertiary/aromatic N) is 2. The molecule has 1 aliphatic rings. The molecule has 3 rings (SSSR count). The van der Waals surface area contributed by atoms with Crippen molar-refractivity contribution in [2.75, 3.05) is 21.3 Å². The van der Waals surface area contributed by atoms with E-state index in [9.17, 15) is 15.2 Å². The van der Waals surface area contributed by atoms with Gasteiger partial charge in [0.2, 0.25) is 0 Å². The highest BCUT2D eigenvalue weighted by molar-refractivity contribution is 6.27. The summed E-state index contributed by atoms with van der Waals surface area (Å²) in [5.74, 6) is 0.714. The van der Waals surface area contributed by atoms with Crippen LogP contribution in [0.3, 0.4) is 0 Å². The summed E-state index contributed by atoms with van der Waals surface area (Å²) in [6.45, 7) is 3.89. The molecule has 0 unspecified atom stereocenters. The van der Waals surface area contributed by atoms with Crippen molar-refractivity contribution in [3.8, 4) is 17.2 Å². The van der Waals surface area contributed by atoms with Crippen molar-refractivity contribution in [3.05, 3.63) is 76.4 Å². The van der Waals surface area contributed by atoms with Crippen LogP contribution in [0.5, 0.6) is 17.2 Å². The Labute approximate surface area is 203 Å². The van der Waals surface area contributed by atoms with Crippen molar-refractivity contribution in [1.29, 1.82) is 0 Å². The van der Waals surface area contributed by atoms with Gasteiger partial charge in [0.05, 0.1) is 38.0 Å². The van der Waals surface area contributed by atoms with E-state index < -0.39 is 12.1 Å². The van der Waals surface area contributed by atoms with Gasteiger partial charge in [0.15, 0.2) is 0 Å². The van der Waals surface area contributed by atoms with Gasteiger partial charge >= 0.3 is 5.97 Å². The molecule has 2 aromatic carbocycles. The number of carbonyl (C=O) groups excluding carboxylic acids is 1. The zero-order valence-corrected chi connectivity index (χ0v) is 20.2. The van der Waals surface area contributed by atoms with Crippen molar-refractivity contribution in [1.82, 2.24) is 0 Å². The molecule has 1 aliphatic carbocycles. The summed E-state index contributed by atoms with van der Waals surface area (Å²) in [7, 11) is 4.46. The Balaban J connectivity index is 2.17. The Morgan fingerprint density at radius 2 is 1.57 bits per heavy atom. The monoisotopic (exact) mass is 480 g/mol. The van der Waals surface area contributed by atoms with Crippen LogP contribution >= 0.6 is 0 Å². The van der Waals surface area contributed by atoms with Gasteiger partial charge in [0, 0.05) is 12.0 Å². The first kappa shape index (κ1) is 25.4. The van der Waals surface area contributed by atoms with E-state index in [1.54, 1.807) is 37.4 Å². The summed E-state index contributed by atoms with van der Waals surface area (Å²) in [6.07, 6.45) is 4.50. The normalized spacial score (nSPS) is 15.3. The Bertz CT molecular complexity index is 1210. The van der Waals surface area contributed by atoms with Crippen molar-refractivity contribution >= 4 is 17.4 Å². The number of oxime groups is 2. The largest absolute Gasteiger partial charge is 0.497 e. The van der Waals surface area contributed by atoms with E-state index in [4.69, 9.17) is 18.9 Å². The summed E-state index contributed by atoms with van der Waals surface area (Å²) in [5.41, 5.74) is 2.99. The standard InChI is InChI=1S/C26H28N2O7/c1-15(2)6-13-21(35-26(29)16-7-9-17(32-3)10-8-16)18-14-22(33-4)23-19(27-30)11-12-20(28-31)24(23)25(18)34-5/h6-12,14,21,30-31H,13H2,1-5H3/t21-/m1/s1. The summed E-state index contributed by atoms with van der Waals surface area (Å²) >= 11 is 0. The van der Waals surface area contributed by atoms with E-state index in [0.29, 0.717) is 45.9 Å². The van der Waals surface area contributed by atoms with Crippen molar-refractivity contribution < 1.29 is 34.2 Å². The van der Waals surface area contributed by atoms with Crippen LogP contribution in [0.1, 0.15) is 53.4 Å². The van der Waals surface area contributed by atoms with Crippen molar-refractivity contribution in [2.24, 2.45) is 10.3 Å². The Morgan fingerprint density at radius 1 is 0.943 bits per heavy atom. The first-order valence-electron chi connectivity index (χ1n) is 10.8. The molecule has 1 atom stereocenters. The maximum absolute atomic E-state index is 13.1. The molecule has 9 heteroatoms. The third-order valence-electron chi connectivity index (χ3n) is 5.49. The number of allylic oxidation sites excluding steroid dienone is 3. The van der Waals surface area contributed by atoms with Crippen LogP contribution < -0.4 is 14.2 Å². The summed E-state index contributed by atoms with van der Waals surface area (Å²) < 4.78 is 22.4. The molecule has 0 aliphatic heterocycles. The second kappa shape index (κ2) is 11.2. The van der Waals surface area contributed by atoms with Gasteiger partial charge in [0.1, 0.15) is 34.8 Å². The molecule has 35 heavy (non-hydrogen) atoms. The molecular formula is C26H28N2O7. The molecule has 184 valence electrons. The molecular weight excluding hydrogens is 452 g/mol. The fourth-order valence-electron chi connectivity index (χ4n) is 3.78. The molecule has 2 N–H and O–H groups in total. The molecule has 0 spiro atoms. The van der Waals surface area contributed by atoms with Gasteiger partial charge in [-0.3, -0.25) is 0 Å². The highest BCUT2D eigenvalue weighted by Crippen LogP contribution is 2.42. The van der Waals surface area contributed by atoms with Crippen LogP contribution in [-0.2, 0) is 4.74 Å². The van der Waals surface area contributed by atoms with Gasteiger partial charge in [-0.25, -0.2) is 4.79 Å². The molecule has 0 fully saturated rings. The second-order valence-electron chi connectivity index (χ2n) is 7.89. The first-order chi connectivity index (χ1) is 16.9. The summed E-state index contributed by atoms with van der Waals surface area (Å²) in [6, 6.07) is 8.26. The average Bonchev–Trinajstić information content (AvgIpc) is 2.89. The third-order valence-corrected chi connectivity index (χ3v) is 5.49. The van der Waals surface area contributed by atoms with Crippen LogP contribution in [0.4, 0.5) is 0 Å². The topological polar surface area (TPSA) is 119 Å². The van der Waals surface area contributed by atoms with E-state index in [-0.39, 0.29) is 11.4 Å². The zero-order valence-electron chi connectivity index (χ0n) is 20.2. The predicted octanol–water partition coefficient (Wildman–Crippen LogP) is 4.89. The van der Waals surface area contributed by atoms with E-state index in [1.165, 1.54) is 26.4 Å². The lowest BCUT2D eigenvalue weighted by Crippen LogP contribution is -2.20. The van der Waals surface area contributed by atoms with Gasteiger partial charge in [-0.2, -0.15) is 0 Å². The highest BCUT2D eigenvalue weighted by Gasteiger charge is 2.32. The number of hydrogen-bond donors (Lipinski definition) is 2. The quantitative estimate of drug-likeness (QED) is 0.239. The van der Waals surface area contributed by atoms with Crippen LogP contribution in [-0.4, -0.2) is 49.1 Å². The van der Waals surface area contributed by atoms with Crippen LogP contribution in [0.2, 0.25) is 0 Å². The Morgan fingerprint density at radius 3 is 2.09 bits per heavy atom. The first-order valence-corrected chi connectivity index (χ1v) is 10.8. The molecule has 0 bridgehead atoms. The molecule has 2 aromatic rings. The molecule has 9 nitrogen and oxygen atoms in total. The lowest BCUT2D eigenvalue weighted by Gasteiger charge is -2.26. The average molecular weight is 481 g/mol. The van der Waals surface area contributed by atoms with Crippen molar-refractivity contribution in [3.63, 3.8) is 0 Å². The fourth-order valence-corrected chi connectivity index (χ4v) is 3.78. The minimum Gasteiger partial charge on any atom is -0.497 e. The van der Waals surface area contributed by atoms with Crippen molar-refractivity contribution in [2.45, 2.75) is 26.4 Å². The van der Waals surface area contributed by atoms with Gasteiger partial charge in [-0.05, 0) is 56.3 Å². The summed E-state index contributed by atoms with van der Waals surface area (Å²) in [5, 5.41) is 25.9. The summed E-state index contributed by atoms with van der Waals surface area (Å²) in [4.78, 5) is 13.1. The Hall–Kier alpha value is -4.27. The minimum absolute atomic E-state index is 0.173. The van der Waals surface area contributed by atoms with Crippen LogP contribution in [0.25, 0.3) is 0 Å². The minimum atomic E-state index is -0.769. The van der Waals surface area contributed by atoms with Gasteiger partial charge in [-0.1, -0.05) is 22.0 Å². The lowest BCUT2D eigenvalue weighted by atomic mass is 9.88. The Kier molecular flexibility index (Phi) is 8.14. The number of benzene rings is 2. The number of carbonyl (C=O) groups is 1. The van der Waals surface area contributed by atoms with Gasteiger partial charge in [-0.15, -0.1) is 0 Å². The molecule has 0 saturated carbocycles. The number of fused-ring (bicyclic) bond motifs is 1. The SMILES string of the molecule is COc1ccc(C(=O)O[C@H](CC=C(C)C)c2cc(OC)c3c(c2OC)C(=NO)C=CC3=NO)cc1. The molecule has 0 aromatic heterocycles. The molecule has 0 amide bonds. The third kappa shape index (κ3) is 5.29. The smallest absolute Gasteiger partial charge is 0.338 e. The zero-order chi connectivity index (χ0) is 25.5. The maximum Gasteiger partial charge on any atom is 0.338 e. The predicted molar refractivity (Wildman–Crippen MR) is 131 cm³/mol. The fraction of sp³-hybridized carbons (Fsp3) is 0.269. The maximum atomic E-state index is 13.1. The second-order valence-corrected chi connectivity index (χ2v) is 7.89. The molecule has 0 heterocycles. The van der Waals surface area contributed by atoms with Crippen LogP contribution in [0.15, 0.2) is 64.4 Å².